The quantitative estimate of drug-likeness (QED) is 0.198. The van der Waals surface area contributed by atoms with Crippen molar-refractivity contribution in [1.82, 2.24) is 4.98 Å². The van der Waals surface area contributed by atoms with Crippen LogP contribution in [0.1, 0.15) is 105 Å². The zero-order valence-electron chi connectivity index (χ0n) is 22.5. The molecular weight excluding hydrogens is 526 g/mol. The van der Waals surface area contributed by atoms with Gasteiger partial charge < -0.3 is 4.52 Å². The summed E-state index contributed by atoms with van der Waals surface area (Å²) in [4.78, 5) is 9.94. The van der Waals surface area contributed by atoms with Gasteiger partial charge in [0, 0.05) is 16.4 Å². The predicted molar refractivity (Wildman–Crippen MR) is 149 cm³/mol. The average molecular weight is 567 g/mol. The molecule has 2 aromatic rings. The second-order valence-electron chi connectivity index (χ2n) is 10.9. The molecule has 192 valence electrons. The molecule has 0 spiro atoms. The van der Waals surface area contributed by atoms with Gasteiger partial charge >= 0.3 is 33.3 Å². The first-order valence-corrected chi connectivity index (χ1v) is 15.9. The van der Waals surface area contributed by atoms with Gasteiger partial charge in [0.25, 0.3) is 0 Å². The van der Waals surface area contributed by atoms with Gasteiger partial charge in [0.1, 0.15) is 8.15 Å². The molecule has 3 nitrogen and oxygen atoms in total. The summed E-state index contributed by atoms with van der Waals surface area (Å²) in [5.74, 6) is 1.51. The summed E-state index contributed by atoms with van der Waals surface area (Å²) in [6.07, 6.45) is 0. The van der Waals surface area contributed by atoms with E-state index in [1.807, 2.05) is 25.1 Å². The summed E-state index contributed by atoms with van der Waals surface area (Å²) in [7, 11) is 8.80. The second-order valence-corrected chi connectivity index (χ2v) is 16.2. The average Bonchev–Trinajstić information content (AvgIpc) is 2.71. The van der Waals surface area contributed by atoms with Crippen LogP contribution in [0, 0.1) is 0 Å². The number of hydrogen-bond donors (Lipinski definition) is 0. The van der Waals surface area contributed by atoms with Crippen molar-refractivity contribution in [3.8, 4) is 5.88 Å². The summed E-state index contributed by atoms with van der Waals surface area (Å²) in [6, 6.07) is 12.5. The fourth-order valence-electron chi connectivity index (χ4n) is 3.91. The third-order valence-corrected chi connectivity index (χ3v) is 7.93. The zero-order chi connectivity index (χ0) is 26.3. The van der Waals surface area contributed by atoms with Crippen molar-refractivity contribution >= 4 is 39.7 Å². The molecule has 34 heavy (non-hydrogen) atoms. The molecule has 0 saturated carbocycles. The van der Waals surface area contributed by atoms with E-state index in [9.17, 15) is 0 Å². The monoisotopic (exact) mass is 566 g/mol. The summed E-state index contributed by atoms with van der Waals surface area (Å²) in [5, 5.41) is 0.132. The summed E-state index contributed by atoms with van der Waals surface area (Å²) < 4.78 is 6.51. The fourth-order valence-corrected chi connectivity index (χ4v) is 6.76. The van der Waals surface area contributed by atoms with E-state index < -0.39 is 8.15 Å². The third-order valence-electron chi connectivity index (χ3n) is 5.12. The molecule has 1 aromatic heterocycles. The Kier molecular flexibility index (Phi) is 12.6. The van der Waals surface area contributed by atoms with Gasteiger partial charge in [-0.3, -0.25) is 4.99 Å². The molecule has 0 fully saturated rings. The van der Waals surface area contributed by atoms with Crippen LogP contribution in [0.4, 0.5) is 5.69 Å². The van der Waals surface area contributed by atoms with Crippen LogP contribution in [0.2, 0.25) is 0 Å². The molecule has 0 N–H and O–H groups in total. The molecule has 1 aromatic carbocycles. The normalized spacial score (nSPS) is 12.9. The molecular formula is C27H41Cl2FeN2OP. The molecule has 0 aliphatic carbocycles. The maximum atomic E-state index is 6.51. The first kappa shape index (κ1) is 31.4. The van der Waals surface area contributed by atoms with E-state index in [1.165, 1.54) is 11.1 Å². The van der Waals surface area contributed by atoms with Gasteiger partial charge in [-0.05, 0) is 36.0 Å². The van der Waals surface area contributed by atoms with Crippen LogP contribution in [0.15, 0.2) is 41.4 Å². The fraction of sp³-hybridized carbons (Fsp3) is 0.556. The molecule has 0 aliphatic rings. The maximum absolute atomic E-state index is 6.51. The Balaban J connectivity index is 0.00000182. The number of para-hydroxylation sites is 1. The van der Waals surface area contributed by atoms with Gasteiger partial charge in [0.15, 0.2) is 0 Å². The standard InChI is InChI=1S/C27H41N2OP.2ClH.Fe/c1-18(2)21-14-12-15-22(19(3)4)25(21)28-20(5)23-16-13-17-24(29-23)30-31(26(6,7)8)27(9,10)11;;;/h12-19H,1-11H3;2*1H;/q;;;+2/p-2. The topological polar surface area (TPSA) is 34.5 Å². The number of hydrogen-bond acceptors (Lipinski definition) is 3. The zero-order valence-corrected chi connectivity index (χ0v) is 26.0. The molecule has 0 radical (unpaired) electrons. The molecule has 1 heterocycles. The third kappa shape index (κ3) is 9.44. The van der Waals surface area contributed by atoms with E-state index >= 15 is 0 Å². The molecule has 0 saturated heterocycles. The first-order chi connectivity index (χ1) is 15.6. The SMILES string of the molecule is CC(=Nc1c(C(C)C)cccc1C(C)C)c1cccc(OP(C(C)(C)C)C(C)(C)C)n1.[Cl][Fe][Cl]. The number of aromatic nitrogens is 1. The van der Waals surface area contributed by atoms with E-state index in [1.54, 1.807) is 0 Å². The van der Waals surface area contributed by atoms with Gasteiger partial charge in [-0.1, -0.05) is 93.5 Å². The molecule has 7 heteroatoms. The van der Waals surface area contributed by atoms with Crippen molar-refractivity contribution in [2.24, 2.45) is 4.99 Å². The Morgan fingerprint density at radius 2 is 1.32 bits per heavy atom. The van der Waals surface area contributed by atoms with Crippen LogP contribution in [0.25, 0.3) is 0 Å². The Morgan fingerprint density at radius 1 is 0.882 bits per heavy atom. The van der Waals surface area contributed by atoms with Crippen LogP contribution in [-0.2, 0) is 13.1 Å². The number of halogens is 2. The van der Waals surface area contributed by atoms with Gasteiger partial charge in [-0.25, -0.2) is 4.98 Å². The van der Waals surface area contributed by atoms with E-state index in [-0.39, 0.29) is 23.4 Å². The van der Waals surface area contributed by atoms with Crippen molar-refractivity contribution in [1.29, 1.82) is 0 Å². The molecule has 0 unspecified atom stereocenters. The minimum absolute atomic E-state index is 0.0662. The van der Waals surface area contributed by atoms with Gasteiger partial charge in [0.2, 0.25) is 5.88 Å². The predicted octanol–water partition coefficient (Wildman–Crippen LogP) is 10.2. The van der Waals surface area contributed by atoms with E-state index in [0.717, 1.165) is 17.1 Å². The van der Waals surface area contributed by atoms with Crippen molar-refractivity contribution < 1.29 is 17.7 Å². The van der Waals surface area contributed by atoms with Crippen molar-refractivity contribution in [2.75, 3.05) is 0 Å². The summed E-state index contributed by atoms with van der Waals surface area (Å²) in [6.45, 7) is 24.4. The number of nitrogens with zero attached hydrogens (tertiary/aromatic N) is 2. The van der Waals surface area contributed by atoms with E-state index in [0.29, 0.717) is 17.7 Å². The molecule has 0 atom stereocenters. The van der Waals surface area contributed by atoms with Crippen molar-refractivity contribution in [2.45, 2.75) is 98.3 Å². The Hall–Kier alpha value is -0.631. The molecule has 2 rings (SSSR count). The number of benzene rings is 1. The second kappa shape index (κ2) is 13.6. The Labute approximate surface area is 223 Å². The van der Waals surface area contributed by atoms with Gasteiger partial charge in [0.05, 0.1) is 17.1 Å². The summed E-state index contributed by atoms with van der Waals surface area (Å²) >= 11 is 0.194. The van der Waals surface area contributed by atoms with Crippen LogP contribution in [-0.4, -0.2) is 21.0 Å². The number of aliphatic imine (C=N–C) groups is 1. The first-order valence-electron chi connectivity index (χ1n) is 11.6. The summed E-state index contributed by atoms with van der Waals surface area (Å²) in [5.41, 5.74) is 5.42. The Morgan fingerprint density at radius 3 is 1.74 bits per heavy atom. The van der Waals surface area contributed by atoms with Crippen LogP contribution >= 0.6 is 28.3 Å². The van der Waals surface area contributed by atoms with Crippen molar-refractivity contribution in [3.05, 3.63) is 53.2 Å². The van der Waals surface area contributed by atoms with Crippen LogP contribution < -0.4 is 4.52 Å². The molecule has 0 bridgehead atoms. The van der Waals surface area contributed by atoms with E-state index in [2.05, 4.69) is 87.4 Å². The van der Waals surface area contributed by atoms with Crippen LogP contribution in [0.5, 0.6) is 5.88 Å². The number of pyridine rings is 1. The molecule has 0 amide bonds. The van der Waals surface area contributed by atoms with Gasteiger partial charge in [-0.2, -0.15) is 0 Å². The number of rotatable bonds is 6. The molecule has 0 aliphatic heterocycles. The van der Waals surface area contributed by atoms with E-state index in [4.69, 9.17) is 34.7 Å². The Bertz CT molecular complexity index is 910. The van der Waals surface area contributed by atoms with Gasteiger partial charge in [-0.15, -0.1) is 0 Å². The minimum atomic E-state index is -0.729. The van der Waals surface area contributed by atoms with Crippen molar-refractivity contribution in [3.63, 3.8) is 0 Å². The van der Waals surface area contributed by atoms with Crippen LogP contribution in [0.3, 0.4) is 0 Å².